The standard InChI is InChI=1S/C17H20ClN3O4S/c1-24-15-8-3-12(18)11-16(15)26(22,23)21-13-4-6-14(7-5-13)25-17-19-9-2-10-20-17/h2-3,8-11,13-14,21H,4-7H2,1H3. The number of methoxy groups -OCH3 is 1. The molecule has 0 bridgehead atoms. The van der Waals surface area contributed by atoms with Crippen molar-refractivity contribution < 1.29 is 17.9 Å². The van der Waals surface area contributed by atoms with Crippen LogP contribution in [0.3, 0.4) is 0 Å². The lowest BCUT2D eigenvalue weighted by Gasteiger charge is -2.28. The summed E-state index contributed by atoms with van der Waals surface area (Å²) in [5.74, 6) is 0.264. The molecule has 2 aromatic rings. The predicted molar refractivity (Wildman–Crippen MR) is 97.0 cm³/mol. The maximum absolute atomic E-state index is 12.7. The van der Waals surface area contributed by atoms with Crippen molar-refractivity contribution in [1.82, 2.24) is 14.7 Å². The van der Waals surface area contributed by atoms with Gasteiger partial charge in [0.2, 0.25) is 10.0 Å². The summed E-state index contributed by atoms with van der Waals surface area (Å²) in [5, 5.41) is 0.339. The zero-order valence-corrected chi connectivity index (χ0v) is 15.8. The van der Waals surface area contributed by atoms with Gasteiger partial charge in [0.15, 0.2) is 0 Å². The van der Waals surface area contributed by atoms with Crippen LogP contribution in [0, 0.1) is 0 Å². The predicted octanol–water partition coefficient (Wildman–Crippen LogP) is 2.81. The third kappa shape index (κ3) is 4.63. The molecule has 1 aromatic carbocycles. The van der Waals surface area contributed by atoms with E-state index < -0.39 is 10.0 Å². The van der Waals surface area contributed by atoms with Gasteiger partial charge in [-0.05, 0) is 49.9 Å². The van der Waals surface area contributed by atoms with E-state index in [1.54, 1.807) is 30.6 Å². The zero-order chi connectivity index (χ0) is 18.6. The van der Waals surface area contributed by atoms with Crippen LogP contribution in [0.25, 0.3) is 0 Å². The number of hydrogen-bond acceptors (Lipinski definition) is 6. The Hall–Kier alpha value is -1.90. The molecule has 7 nitrogen and oxygen atoms in total. The van der Waals surface area contributed by atoms with Gasteiger partial charge >= 0.3 is 6.01 Å². The molecule has 1 saturated carbocycles. The van der Waals surface area contributed by atoms with Gasteiger partial charge in [-0.3, -0.25) is 0 Å². The molecule has 0 unspecified atom stereocenters. The Morgan fingerprint density at radius 3 is 2.50 bits per heavy atom. The van der Waals surface area contributed by atoms with Gasteiger partial charge in [0.1, 0.15) is 16.7 Å². The summed E-state index contributed by atoms with van der Waals surface area (Å²) >= 11 is 5.94. The molecule has 0 radical (unpaired) electrons. The van der Waals surface area contributed by atoms with Gasteiger partial charge in [0.05, 0.1) is 7.11 Å². The summed E-state index contributed by atoms with van der Waals surface area (Å²) in [5.41, 5.74) is 0. The Morgan fingerprint density at radius 2 is 1.85 bits per heavy atom. The normalized spacial score (nSPS) is 20.5. The van der Waals surface area contributed by atoms with E-state index in [1.807, 2.05) is 0 Å². The van der Waals surface area contributed by atoms with E-state index in [4.69, 9.17) is 21.1 Å². The number of aromatic nitrogens is 2. The Kier molecular flexibility index (Phi) is 5.95. The first-order valence-corrected chi connectivity index (χ1v) is 10.1. The van der Waals surface area contributed by atoms with E-state index in [9.17, 15) is 8.42 Å². The van der Waals surface area contributed by atoms with E-state index in [1.165, 1.54) is 13.2 Å². The van der Waals surface area contributed by atoms with E-state index in [2.05, 4.69) is 14.7 Å². The first-order chi connectivity index (χ1) is 12.5. The van der Waals surface area contributed by atoms with Gasteiger partial charge in [-0.1, -0.05) is 11.6 Å². The third-order valence-electron chi connectivity index (χ3n) is 4.23. The molecule has 1 aliphatic carbocycles. The zero-order valence-electron chi connectivity index (χ0n) is 14.3. The van der Waals surface area contributed by atoms with Gasteiger partial charge in [0.25, 0.3) is 0 Å². The number of nitrogens with zero attached hydrogens (tertiary/aromatic N) is 2. The molecule has 0 aliphatic heterocycles. The monoisotopic (exact) mass is 397 g/mol. The highest BCUT2D eigenvalue weighted by Crippen LogP contribution is 2.29. The van der Waals surface area contributed by atoms with Crippen LogP contribution < -0.4 is 14.2 Å². The average Bonchev–Trinajstić information content (AvgIpc) is 2.64. The number of halogens is 1. The first-order valence-electron chi connectivity index (χ1n) is 8.27. The van der Waals surface area contributed by atoms with Crippen LogP contribution in [0.15, 0.2) is 41.6 Å². The van der Waals surface area contributed by atoms with Crippen LogP contribution in [-0.2, 0) is 10.0 Å². The van der Waals surface area contributed by atoms with Gasteiger partial charge in [-0.15, -0.1) is 0 Å². The van der Waals surface area contributed by atoms with E-state index in [0.717, 1.165) is 12.8 Å². The van der Waals surface area contributed by atoms with Crippen molar-refractivity contribution >= 4 is 21.6 Å². The van der Waals surface area contributed by atoms with Crippen molar-refractivity contribution in [1.29, 1.82) is 0 Å². The highest BCUT2D eigenvalue weighted by molar-refractivity contribution is 7.89. The number of hydrogen-bond donors (Lipinski definition) is 1. The molecule has 0 atom stereocenters. The van der Waals surface area contributed by atoms with Crippen LogP contribution in [0.1, 0.15) is 25.7 Å². The van der Waals surface area contributed by atoms with Crippen molar-refractivity contribution in [2.75, 3.05) is 7.11 Å². The van der Waals surface area contributed by atoms with Crippen molar-refractivity contribution in [2.24, 2.45) is 0 Å². The molecule has 26 heavy (non-hydrogen) atoms. The summed E-state index contributed by atoms with van der Waals surface area (Å²) in [6, 6.07) is 6.43. The largest absolute Gasteiger partial charge is 0.495 e. The Balaban J connectivity index is 1.61. The number of nitrogens with one attached hydrogen (secondary N) is 1. The molecule has 0 spiro atoms. The van der Waals surface area contributed by atoms with Gasteiger partial charge in [-0.25, -0.2) is 23.1 Å². The molecule has 0 amide bonds. The van der Waals surface area contributed by atoms with E-state index >= 15 is 0 Å². The molecule has 3 rings (SSSR count). The fourth-order valence-corrected chi connectivity index (χ4v) is 4.67. The van der Waals surface area contributed by atoms with E-state index in [-0.39, 0.29) is 22.8 Å². The fourth-order valence-electron chi connectivity index (χ4n) is 2.94. The molecular weight excluding hydrogens is 378 g/mol. The molecule has 9 heteroatoms. The van der Waals surface area contributed by atoms with E-state index in [0.29, 0.717) is 23.9 Å². The topological polar surface area (TPSA) is 90.4 Å². The summed E-state index contributed by atoms with van der Waals surface area (Å²) < 4.78 is 39.0. The average molecular weight is 398 g/mol. The third-order valence-corrected chi connectivity index (χ3v) is 6.00. The van der Waals surface area contributed by atoms with Gasteiger partial charge in [-0.2, -0.15) is 0 Å². The van der Waals surface area contributed by atoms with Crippen molar-refractivity contribution in [3.05, 3.63) is 41.7 Å². The summed E-state index contributed by atoms with van der Waals surface area (Å²) in [4.78, 5) is 8.14. The first kappa shape index (κ1) is 18.9. The molecule has 140 valence electrons. The molecular formula is C17H20ClN3O4S. The minimum atomic E-state index is -3.73. The molecule has 1 aliphatic rings. The summed E-state index contributed by atoms with van der Waals surface area (Å²) in [6.45, 7) is 0. The minimum absolute atomic E-state index is 0.0149. The second kappa shape index (κ2) is 8.20. The molecule has 1 fully saturated rings. The molecule has 1 heterocycles. The minimum Gasteiger partial charge on any atom is -0.495 e. The summed E-state index contributed by atoms with van der Waals surface area (Å²) in [6.07, 6.45) is 6.01. The van der Waals surface area contributed by atoms with Crippen molar-refractivity contribution in [3.8, 4) is 11.8 Å². The maximum Gasteiger partial charge on any atom is 0.316 e. The van der Waals surface area contributed by atoms with Gasteiger partial charge < -0.3 is 9.47 Å². The number of benzene rings is 1. The lowest BCUT2D eigenvalue weighted by molar-refractivity contribution is 0.132. The van der Waals surface area contributed by atoms with Crippen LogP contribution in [0.4, 0.5) is 0 Å². The second-order valence-corrected chi connectivity index (χ2v) is 8.16. The van der Waals surface area contributed by atoms with Crippen molar-refractivity contribution in [2.45, 2.75) is 42.7 Å². The molecule has 0 saturated heterocycles. The highest BCUT2D eigenvalue weighted by Gasteiger charge is 2.28. The van der Waals surface area contributed by atoms with Crippen LogP contribution in [-0.4, -0.2) is 37.6 Å². The van der Waals surface area contributed by atoms with Crippen LogP contribution in [0.2, 0.25) is 5.02 Å². The highest BCUT2D eigenvalue weighted by atomic mass is 35.5. The maximum atomic E-state index is 12.7. The molecule has 1 N–H and O–H groups in total. The molecule has 1 aromatic heterocycles. The van der Waals surface area contributed by atoms with Crippen molar-refractivity contribution in [3.63, 3.8) is 0 Å². The second-order valence-electron chi connectivity index (χ2n) is 6.04. The smallest absolute Gasteiger partial charge is 0.316 e. The lowest BCUT2D eigenvalue weighted by Crippen LogP contribution is -2.39. The lowest BCUT2D eigenvalue weighted by atomic mass is 9.94. The Labute approximate surface area is 157 Å². The SMILES string of the molecule is COc1ccc(Cl)cc1S(=O)(=O)NC1CCC(Oc2ncccn2)CC1. The Morgan fingerprint density at radius 1 is 1.15 bits per heavy atom. The van der Waals surface area contributed by atoms with Gasteiger partial charge in [0, 0.05) is 23.5 Å². The Bertz CT molecular complexity index is 840. The fraction of sp³-hybridized carbons (Fsp3) is 0.412. The quantitative estimate of drug-likeness (QED) is 0.806. The number of rotatable bonds is 6. The summed E-state index contributed by atoms with van der Waals surface area (Å²) in [7, 11) is -2.30. The number of sulfonamides is 1. The van der Waals surface area contributed by atoms with Crippen LogP contribution >= 0.6 is 11.6 Å². The van der Waals surface area contributed by atoms with Crippen LogP contribution in [0.5, 0.6) is 11.8 Å². The number of ether oxygens (including phenoxy) is 2.